The molecule has 0 radical (unpaired) electrons. The molecule has 0 heterocycles. The zero-order valence-electron chi connectivity index (χ0n) is 20.1. The van der Waals surface area contributed by atoms with Gasteiger partial charge in [0, 0.05) is 5.54 Å². The van der Waals surface area contributed by atoms with Gasteiger partial charge in [0.05, 0.1) is 7.11 Å². The number of hydrogen-bond donors (Lipinski definition) is 2. The van der Waals surface area contributed by atoms with Crippen LogP contribution in [0.5, 0.6) is 17.2 Å². The highest BCUT2D eigenvalue weighted by Gasteiger charge is 2.25. The molecule has 3 aromatic carbocycles. The van der Waals surface area contributed by atoms with Crippen LogP contribution in [0, 0.1) is 11.8 Å². The maximum absolute atomic E-state index is 13.0. The first-order valence-corrected chi connectivity index (χ1v) is 12.1. The van der Waals surface area contributed by atoms with Crippen molar-refractivity contribution in [2.75, 3.05) is 7.11 Å². The second-order valence-electron chi connectivity index (χ2n) is 8.90. The smallest absolute Gasteiger partial charge is 0.329 e. The van der Waals surface area contributed by atoms with Crippen molar-refractivity contribution >= 4 is 21.7 Å². The Bertz CT molecular complexity index is 1350. The molecule has 0 aliphatic rings. The van der Waals surface area contributed by atoms with E-state index in [0.717, 1.165) is 28.5 Å². The van der Waals surface area contributed by atoms with Crippen LogP contribution in [0.1, 0.15) is 26.3 Å². The number of nitrogens with zero attached hydrogens (tertiary/aromatic N) is 1. The number of nitrogens with one attached hydrogen (secondary N) is 2. The summed E-state index contributed by atoms with van der Waals surface area (Å²) in [5.41, 5.74) is 1.85. The zero-order chi connectivity index (χ0) is 25.8. The summed E-state index contributed by atoms with van der Waals surface area (Å²) in [4.78, 5) is 22.9. The average Bonchev–Trinajstić information content (AvgIpc) is 2.77. The van der Waals surface area contributed by atoms with Crippen LogP contribution >= 0.6 is 0 Å². The van der Waals surface area contributed by atoms with Gasteiger partial charge in [0.2, 0.25) is 0 Å². The minimum absolute atomic E-state index is 0.0697. The Kier molecular flexibility index (Phi) is 7.45. The van der Waals surface area contributed by atoms with E-state index in [1.54, 1.807) is 40.0 Å². The lowest BCUT2D eigenvalue weighted by Gasteiger charge is -2.21. The first kappa shape index (κ1) is 25.7. The van der Waals surface area contributed by atoms with Crippen LogP contribution in [0.2, 0.25) is 0 Å². The summed E-state index contributed by atoms with van der Waals surface area (Å²) in [6.07, 6.45) is 0. The largest absolute Gasteiger partial charge is 0.497 e. The highest BCUT2D eigenvalue weighted by molar-refractivity contribution is 7.90. The summed E-state index contributed by atoms with van der Waals surface area (Å²) in [6, 6.07) is 15.7. The molecule has 35 heavy (non-hydrogen) atoms. The van der Waals surface area contributed by atoms with E-state index in [1.807, 2.05) is 42.0 Å². The van der Waals surface area contributed by atoms with Crippen molar-refractivity contribution in [1.82, 2.24) is 10.0 Å². The van der Waals surface area contributed by atoms with Crippen LogP contribution in [0.25, 0.3) is 11.1 Å². The van der Waals surface area contributed by atoms with Crippen molar-refractivity contribution in [2.24, 2.45) is 5.18 Å². The summed E-state index contributed by atoms with van der Waals surface area (Å²) < 4.78 is 39.1. The minimum atomic E-state index is -4.40. The molecule has 184 valence electrons. The predicted octanol–water partition coefficient (Wildman–Crippen LogP) is 5.65. The van der Waals surface area contributed by atoms with Crippen LogP contribution < -0.4 is 19.5 Å². The molecule has 0 unspecified atom stereocenters. The molecule has 0 aliphatic carbocycles. The van der Waals surface area contributed by atoms with E-state index >= 15 is 0 Å². The number of ether oxygens (including phenoxy) is 2. The Morgan fingerprint density at radius 2 is 1.60 bits per heavy atom. The normalized spacial score (nSPS) is 11.5. The quantitative estimate of drug-likeness (QED) is 0.407. The van der Waals surface area contributed by atoms with Gasteiger partial charge >= 0.3 is 6.03 Å². The molecule has 2 N–H and O–H groups in total. The van der Waals surface area contributed by atoms with Gasteiger partial charge in [-0.05, 0) is 92.0 Å². The number of carbonyl (C=O) groups is 1. The third kappa shape index (κ3) is 6.80. The number of benzene rings is 3. The number of urea groups is 1. The first-order chi connectivity index (χ1) is 16.4. The Balaban J connectivity index is 1.98. The van der Waals surface area contributed by atoms with Gasteiger partial charge in [0.25, 0.3) is 10.0 Å². The predicted molar refractivity (Wildman–Crippen MR) is 134 cm³/mol. The van der Waals surface area contributed by atoms with E-state index in [4.69, 9.17) is 9.47 Å². The molecule has 0 saturated carbocycles. The van der Waals surface area contributed by atoms with E-state index in [0.29, 0.717) is 5.75 Å². The second kappa shape index (κ2) is 10.1. The van der Waals surface area contributed by atoms with E-state index < -0.39 is 26.5 Å². The summed E-state index contributed by atoms with van der Waals surface area (Å²) >= 11 is 0. The Hall–Kier alpha value is -3.92. The van der Waals surface area contributed by atoms with Gasteiger partial charge in [-0.2, -0.15) is 0 Å². The fourth-order valence-electron chi connectivity index (χ4n) is 3.27. The molecule has 3 aromatic rings. The topological polar surface area (TPSA) is 123 Å². The Morgan fingerprint density at radius 1 is 0.914 bits per heavy atom. The van der Waals surface area contributed by atoms with Gasteiger partial charge in [0.1, 0.15) is 27.8 Å². The molecule has 3 rings (SSSR count). The summed E-state index contributed by atoms with van der Waals surface area (Å²) in [7, 11) is -2.81. The maximum Gasteiger partial charge on any atom is 0.329 e. The van der Waals surface area contributed by atoms with Crippen molar-refractivity contribution in [3.05, 3.63) is 71.1 Å². The SMILES string of the molecule is COc1ccc(-c2cc(C)cc(Oc3ccc(N=O)cc3S(=O)(=O)NC(=O)NC(C)(C)C)c2)cc1. The third-order valence-electron chi connectivity index (χ3n) is 4.74. The highest BCUT2D eigenvalue weighted by atomic mass is 32.2. The van der Waals surface area contributed by atoms with Crippen LogP contribution in [0.15, 0.2) is 70.7 Å². The lowest BCUT2D eigenvalue weighted by molar-refractivity contribution is 0.237. The molecule has 0 fully saturated rings. The number of carbonyl (C=O) groups excluding carboxylic acids is 1. The van der Waals surface area contributed by atoms with Crippen molar-refractivity contribution < 1.29 is 22.7 Å². The maximum atomic E-state index is 13.0. The van der Waals surface area contributed by atoms with Gasteiger partial charge in [0.15, 0.2) is 0 Å². The zero-order valence-corrected chi connectivity index (χ0v) is 20.9. The summed E-state index contributed by atoms with van der Waals surface area (Å²) in [5, 5.41) is 5.32. The molecule has 9 nitrogen and oxygen atoms in total. The van der Waals surface area contributed by atoms with Gasteiger partial charge in [-0.3, -0.25) is 0 Å². The van der Waals surface area contributed by atoms with Crippen LogP contribution in [0.4, 0.5) is 10.5 Å². The Labute approximate surface area is 204 Å². The Morgan fingerprint density at radius 3 is 2.20 bits per heavy atom. The molecule has 0 aromatic heterocycles. The van der Waals surface area contributed by atoms with E-state index in [2.05, 4.69) is 10.5 Å². The van der Waals surface area contributed by atoms with E-state index in [-0.39, 0.29) is 11.4 Å². The number of aryl methyl sites for hydroxylation is 1. The van der Waals surface area contributed by atoms with Gasteiger partial charge < -0.3 is 14.8 Å². The number of methoxy groups -OCH3 is 1. The monoisotopic (exact) mass is 497 g/mol. The molecule has 0 aliphatic heterocycles. The molecule has 2 amide bonds. The van der Waals surface area contributed by atoms with Crippen molar-refractivity contribution in [2.45, 2.75) is 38.1 Å². The van der Waals surface area contributed by atoms with Crippen LogP contribution in [-0.4, -0.2) is 27.1 Å². The highest BCUT2D eigenvalue weighted by Crippen LogP contribution is 2.35. The van der Waals surface area contributed by atoms with Gasteiger partial charge in [-0.15, -0.1) is 4.91 Å². The molecule has 0 saturated heterocycles. The van der Waals surface area contributed by atoms with Crippen LogP contribution in [0.3, 0.4) is 0 Å². The number of nitroso groups, excluding NO2 is 1. The standard InChI is InChI=1S/C25H27N3O6S/c1-16-12-18(17-6-9-20(33-5)10-7-17)14-21(13-16)34-22-11-8-19(27-30)15-23(22)35(31,32)28-24(29)26-25(2,3)4/h6-15H,1-5H3,(H2,26,28,29). The molecule has 0 spiro atoms. The molecular weight excluding hydrogens is 470 g/mol. The fourth-order valence-corrected chi connectivity index (χ4v) is 4.33. The number of sulfonamides is 1. The fraction of sp³-hybridized carbons (Fsp3) is 0.240. The van der Waals surface area contributed by atoms with Gasteiger partial charge in [-0.25, -0.2) is 17.9 Å². The molecular formula is C25H27N3O6S. The third-order valence-corrected chi connectivity index (χ3v) is 6.09. The lowest BCUT2D eigenvalue weighted by atomic mass is 10.0. The second-order valence-corrected chi connectivity index (χ2v) is 10.5. The molecule has 0 atom stereocenters. The lowest BCUT2D eigenvalue weighted by Crippen LogP contribution is -2.48. The van der Waals surface area contributed by atoms with Crippen molar-refractivity contribution in [3.63, 3.8) is 0 Å². The van der Waals surface area contributed by atoms with Crippen molar-refractivity contribution in [3.8, 4) is 28.4 Å². The molecule has 10 heteroatoms. The van der Waals surface area contributed by atoms with E-state index in [9.17, 15) is 18.1 Å². The average molecular weight is 498 g/mol. The molecule has 0 bridgehead atoms. The first-order valence-electron chi connectivity index (χ1n) is 10.7. The number of amides is 2. The van der Waals surface area contributed by atoms with E-state index in [1.165, 1.54) is 12.1 Å². The van der Waals surface area contributed by atoms with Crippen molar-refractivity contribution in [1.29, 1.82) is 0 Å². The van der Waals surface area contributed by atoms with Gasteiger partial charge in [-0.1, -0.05) is 18.2 Å². The number of rotatable bonds is 7. The van der Waals surface area contributed by atoms with Crippen LogP contribution in [-0.2, 0) is 10.0 Å². The minimum Gasteiger partial charge on any atom is -0.497 e. The number of hydrogen-bond acceptors (Lipinski definition) is 7. The summed E-state index contributed by atoms with van der Waals surface area (Å²) in [5.74, 6) is 1.03. The summed E-state index contributed by atoms with van der Waals surface area (Å²) in [6.45, 7) is 7.02.